The van der Waals surface area contributed by atoms with Gasteiger partial charge in [0.2, 0.25) is 0 Å². The molecule has 0 N–H and O–H groups in total. The Labute approximate surface area is 328 Å². The number of hydrogen-bond donors (Lipinski definition) is 0. The number of aromatic nitrogens is 1. The molecule has 0 bridgehead atoms. The van der Waals surface area contributed by atoms with Crippen LogP contribution in [0.15, 0.2) is 211 Å². The van der Waals surface area contributed by atoms with Gasteiger partial charge in [-0.3, -0.25) is 0 Å². The lowest BCUT2D eigenvalue weighted by Crippen LogP contribution is -2.10. The first kappa shape index (κ1) is 31.7. The zero-order chi connectivity index (χ0) is 37.5. The largest absolute Gasteiger partial charge is 0.456 e. The summed E-state index contributed by atoms with van der Waals surface area (Å²) in [6.45, 7) is 0. The lowest BCUT2D eigenvalue weighted by molar-refractivity contribution is 0.669. The number of rotatable bonds is 5. The summed E-state index contributed by atoms with van der Waals surface area (Å²) in [5, 5.41) is 12.0. The van der Waals surface area contributed by atoms with Crippen LogP contribution < -0.4 is 4.90 Å². The SMILES string of the molecule is c1ccc(N(c2ccc3ccc4ccccc4c3c2)c2cccc3oc4cc(-c5ccc6c7ccccc7n(-c7ccccc7)c6c5)c5ccccc5c4c23)cc1. The Morgan fingerprint density at radius 2 is 1.04 bits per heavy atom. The first-order chi connectivity index (χ1) is 28.3. The third kappa shape index (κ3) is 4.86. The van der Waals surface area contributed by atoms with Crippen LogP contribution in [0.25, 0.3) is 92.9 Å². The monoisotopic (exact) mass is 726 g/mol. The topological polar surface area (TPSA) is 21.3 Å². The normalized spacial score (nSPS) is 11.9. The van der Waals surface area contributed by atoms with Gasteiger partial charge in [-0.1, -0.05) is 140 Å². The van der Waals surface area contributed by atoms with E-state index in [0.717, 1.165) is 61.2 Å². The van der Waals surface area contributed by atoms with Crippen LogP contribution in [0.4, 0.5) is 17.1 Å². The molecule has 0 aliphatic carbocycles. The fraction of sp³-hybridized carbons (Fsp3) is 0. The molecule has 0 radical (unpaired) electrons. The minimum absolute atomic E-state index is 0.858. The summed E-state index contributed by atoms with van der Waals surface area (Å²) in [6.07, 6.45) is 0. The Morgan fingerprint density at radius 1 is 0.368 bits per heavy atom. The molecular formula is C54H34N2O. The number of anilines is 3. The molecule has 0 saturated heterocycles. The van der Waals surface area contributed by atoms with Crippen molar-refractivity contribution in [3.05, 3.63) is 206 Å². The second kappa shape index (κ2) is 12.5. The van der Waals surface area contributed by atoms with Crippen LogP contribution in [-0.2, 0) is 0 Å². The molecule has 3 heteroatoms. The number of para-hydroxylation sites is 3. The number of benzene rings is 10. The van der Waals surface area contributed by atoms with Crippen molar-refractivity contribution in [2.45, 2.75) is 0 Å². The molecule has 0 saturated carbocycles. The minimum Gasteiger partial charge on any atom is -0.456 e. The first-order valence-electron chi connectivity index (χ1n) is 19.5. The molecule has 0 atom stereocenters. The van der Waals surface area contributed by atoms with Crippen molar-refractivity contribution < 1.29 is 4.42 Å². The summed E-state index contributed by atoms with van der Waals surface area (Å²) in [5.74, 6) is 0. The van der Waals surface area contributed by atoms with Crippen molar-refractivity contribution in [1.82, 2.24) is 4.57 Å². The molecule has 10 aromatic carbocycles. The summed E-state index contributed by atoms with van der Waals surface area (Å²) >= 11 is 0. The van der Waals surface area contributed by atoms with E-state index in [1.807, 2.05) is 0 Å². The van der Waals surface area contributed by atoms with E-state index in [2.05, 4.69) is 216 Å². The molecule has 12 aromatic rings. The molecule has 0 aliphatic heterocycles. The molecule has 0 fully saturated rings. The van der Waals surface area contributed by atoms with Crippen molar-refractivity contribution in [2.75, 3.05) is 4.90 Å². The average Bonchev–Trinajstić information content (AvgIpc) is 3.83. The van der Waals surface area contributed by atoms with Crippen molar-refractivity contribution in [3.63, 3.8) is 0 Å². The van der Waals surface area contributed by atoms with Crippen molar-refractivity contribution in [2.24, 2.45) is 0 Å². The lowest BCUT2D eigenvalue weighted by Gasteiger charge is -2.26. The highest BCUT2D eigenvalue weighted by Crippen LogP contribution is 2.47. The van der Waals surface area contributed by atoms with Crippen LogP contribution in [0.1, 0.15) is 0 Å². The van der Waals surface area contributed by atoms with Gasteiger partial charge in [0.1, 0.15) is 11.2 Å². The molecule has 266 valence electrons. The van der Waals surface area contributed by atoms with Gasteiger partial charge in [-0.2, -0.15) is 0 Å². The first-order valence-corrected chi connectivity index (χ1v) is 19.5. The van der Waals surface area contributed by atoms with Crippen LogP contribution in [0, 0.1) is 0 Å². The van der Waals surface area contributed by atoms with E-state index in [9.17, 15) is 0 Å². The second-order valence-corrected chi connectivity index (χ2v) is 14.9. The van der Waals surface area contributed by atoms with Gasteiger partial charge in [-0.05, 0) is 110 Å². The molecule has 2 aromatic heterocycles. The quantitative estimate of drug-likeness (QED) is 0.165. The summed E-state index contributed by atoms with van der Waals surface area (Å²) in [6, 6.07) is 74.4. The van der Waals surface area contributed by atoms with E-state index in [-0.39, 0.29) is 0 Å². The lowest BCUT2D eigenvalue weighted by atomic mass is 9.94. The maximum atomic E-state index is 6.91. The molecule has 0 aliphatic rings. The van der Waals surface area contributed by atoms with E-state index in [0.29, 0.717) is 0 Å². The van der Waals surface area contributed by atoms with Gasteiger partial charge >= 0.3 is 0 Å². The Kier molecular flexibility index (Phi) is 6.93. The van der Waals surface area contributed by atoms with Crippen molar-refractivity contribution in [3.8, 4) is 16.8 Å². The van der Waals surface area contributed by atoms with Gasteiger partial charge < -0.3 is 13.9 Å². The van der Waals surface area contributed by atoms with E-state index in [1.165, 1.54) is 48.7 Å². The average molecular weight is 727 g/mol. The highest BCUT2D eigenvalue weighted by atomic mass is 16.3. The number of nitrogens with zero attached hydrogens (tertiary/aromatic N) is 2. The van der Waals surface area contributed by atoms with E-state index >= 15 is 0 Å². The maximum Gasteiger partial charge on any atom is 0.137 e. The van der Waals surface area contributed by atoms with Crippen LogP contribution >= 0.6 is 0 Å². The van der Waals surface area contributed by atoms with Gasteiger partial charge in [0.05, 0.1) is 22.1 Å². The molecule has 57 heavy (non-hydrogen) atoms. The molecule has 0 unspecified atom stereocenters. The third-order valence-electron chi connectivity index (χ3n) is 11.7. The summed E-state index contributed by atoms with van der Waals surface area (Å²) in [4.78, 5) is 2.39. The predicted octanol–water partition coefficient (Wildman–Crippen LogP) is 15.3. The number of hydrogen-bond acceptors (Lipinski definition) is 2. The van der Waals surface area contributed by atoms with Gasteiger partial charge in [0, 0.05) is 33.2 Å². The number of fused-ring (bicyclic) bond motifs is 11. The number of furan rings is 1. The third-order valence-corrected chi connectivity index (χ3v) is 11.7. The van der Waals surface area contributed by atoms with Crippen molar-refractivity contribution in [1.29, 1.82) is 0 Å². The second-order valence-electron chi connectivity index (χ2n) is 14.9. The highest BCUT2D eigenvalue weighted by molar-refractivity contribution is 6.26. The minimum atomic E-state index is 0.858. The van der Waals surface area contributed by atoms with E-state index < -0.39 is 0 Å². The van der Waals surface area contributed by atoms with Gasteiger partial charge in [-0.15, -0.1) is 0 Å². The Morgan fingerprint density at radius 3 is 1.88 bits per heavy atom. The smallest absolute Gasteiger partial charge is 0.137 e. The summed E-state index contributed by atoms with van der Waals surface area (Å²) in [5.41, 5.74) is 10.8. The predicted molar refractivity (Wildman–Crippen MR) is 241 cm³/mol. The molecule has 3 nitrogen and oxygen atoms in total. The molecule has 12 rings (SSSR count). The molecule has 2 heterocycles. The fourth-order valence-corrected chi connectivity index (χ4v) is 9.21. The zero-order valence-electron chi connectivity index (χ0n) is 30.9. The summed E-state index contributed by atoms with van der Waals surface area (Å²) in [7, 11) is 0. The van der Waals surface area contributed by atoms with Crippen LogP contribution in [0.2, 0.25) is 0 Å². The maximum absolute atomic E-state index is 6.91. The highest BCUT2D eigenvalue weighted by Gasteiger charge is 2.23. The Bertz CT molecular complexity index is 3520. The van der Waals surface area contributed by atoms with Gasteiger partial charge in [-0.25, -0.2) is 0 Å². The molecule has 0 amide bonds. The van der Waals surface area contributed by atoms with Crippen LogP contribution in [0.3, 0.4) is 0 Å². The molecular weight excluding hydrogens is 693 g/mol. The van der Waals surface area contributed by atoms with Gasteiger partial charge in [0.25, 0.3) is 0 Å². The van der Waals surface area contributed by atoms with E-state index in [1.54, 1.807) is 0 Å². The fourth-order valence-electron chi connectivity index (χ4n) is 9.21. The standard InChI is InChI=1S/C54H34N2O/c1-3-15-38(16-4-1)55(40-30-28-36-27-26-35-14-7-8-19-41(35)46(36)33-40)49-24-13-25-51-54(49)53-45-22-10-9-20-42(45)47(34-52(53)57-51)37-29-31-44-43-21-11-12-23-48(43)56(50(44)32-37)39-17-5-2-6-18-39/h1-34H. The Balaban J connectivity index is 1.11. The van der Waals surface area contributed by atoms with E-state index in [4.69, 9.17) is 4.42 Å². The zero-order valence-corrected chi connectivity index (χ0v) is 30.9. The van der Waals surface area contributed by atoms with Crippen LogP contribution in [-0.4, -0.2) is 4.57 Å². The van der Waals surface area contributed by atoms with Crippen LogP contribution in [0.5, 0.6) is 0 Å². The molecule has 0 spiro atoms. The summed E-state index contributed by atoms with van der Waals surface area (Å²) < 4.78 is 9.29. The van der Waals surface area contributed by atoms with Crippen molar-refractivity contribution >= 4 is 93.1 Å². The van der Waals surface area contributed by atoms with Gasteiger partial charge in [0.15, 0.2) is 0 Å². The Hall–Kier alpha value is -7.62.